The number of non-ortho nitro benzene ring substituents is 1. The van der Waals surface area contributed by atoms with Crippen LogP contribution in [0.3, 0.4) is 0 Å². The van der Waals surface area contributed by atoms with Crippen LogP contribution >= 0.6 is 0 Å². The van der Waals surface area contributed by atoms with E-state index in [1.165, 1.54) is 18.5 Å². The Kier molecular flexibility index (Phi) is 4.94. The lowest BCUT2D eigenvalue weighted by atomic mass is 10.2. The van der Waals surface area contributed by atoms with Gasteiger partial charge in [-0.3, -0.25) is 25.0 Å². The summed E-state index contributed by atoms with van der Waals surface area (Å²) in [4.78, 5) is 26.4. The van der Waals surface area contributed by atoms with Crippen molar-refractivity contribution in [2.75, 3.05) is 5.32 Å². The number of H-pyrrole nitrogens is 1. The van der Waals surface area contributed by atoms with E-state index in [-0.39, 0.29) is 11.4 Å². The normalized spacial score (nSPS) is 11.1. The first-order valence-electron chi connectivity index (χ1n) is 7.54. The Morgan fingerprint density at radius 1 is 1.21 bits per heavy atom. The Balaban J connectivity index is 1.85. The van der Waals surface area contributed by atoms with Crippen molar-refractivity contribution in [3.05, 3.63) is 70.3 Å². The molecule has 0 fully saturated rings. The molecular formula is C16H10F3N5O4. The number of anilines is 1. The van der Waals surface area contributed by atoms with Crippen molar-refractivity contribution in [3.63, 3.8) is 0 Å². The number of nitrogens with one attached hydrogen (secondary N) is 2. The molecule has 28 heavy (non-hydrogen) atoms. The topological polar surface area (TPSA) is 123 Å². The number of alkyl halides is 3. The number of nitrogens with zero attached hydrogens (tertiary/aromatic N) is 3. The molecule has 0 aliphatic rings. The van der Waals surface area contributed by atoms with Gasteiger partial charge in [-0.15, -0.1) is 0 Å². The zero-order valence-electron chi connectivity index (χ0n) is 13.7. The highest BCUT2D eigenvalue weighted by atomic mass is 19.4. The van der Waals surface area contributed by atoms with Crippen LogP contribution in [0.5, 0.6) is 11.5 Å². The van der Waals surface area contributed by atoms with Gasteiger partial charge < -0.3 is 10.1 Å². The molecule has 2 N–H and O–H groups in total. The van der Waals surface area contributed by atoms with Crippen LogP contribution in [-0.4, -0.2) is 26.0 Å². The summed E-state index contributed by atoms with van der Waals surface area (Å²) in [5.41, 5.74) is -2.19. The molecule has 0 saturated carbocycles. The Morgan fingerprint density at radius 2 is 2.00 bits per heavy atom. The van der Waals surface area contributed by atoms with Gasteiger partial charge in [-0.25, -0.2) is 0 Å². The lowest BCUT2D eigenvalue weighted by Crippen LogP contribution is -2.12. The number of rotatable bonds is 5. The third-order valence-electron chi connectivity index (χ3n) is 3.35. The summed E-state index contributed by atoms with van der Waals surface area (Å²) in [6, 6.07) is 7.11. The predicted molar refractivity (Wildman–Crippen MR) is 89.0 cm³/mol. The van der Waals surface area contributed by atoms with Gasteiger partial charge in [0.25, 0.3) is 11.6 Å². The zero-order chi connectivity index (χ0) is 20.3. The second kappa shape index (κ2) is 7.34. The quantitative estimate of drug-likeness (QED) is 0.502. The molecule has 0 saturated heterocycles. The molecule has 12 heteroatoms. The fraction of sp³-hybridized carbons (Fsp3) is 0.0625. The van der Waals surface area contributed by atoms with E-state index in [0.717, 1.165) is 12.1 Å². The number of carbonyl (C=O) groups excluding carboxylic acids is 1. The van der Waals surface area contributed by atoms with Crippen molar-refractivity contribution in [2.45, 2.75) is 6.18 Å². The van der Waals surface area contributed by atoms with E-state index in [1.54, 1.807) is 17.2 Å². The van der Waals surface area contributed by atoms with Crippen LogP contribution in [0.2, 0.25) is 0 Å². The van der Waals surface area contributed by atoms with Crippen LogP contribution in [0.4, 0.5) is 24.5 Å². The van der Waals surface area contributed by atoms with E-state index in [9.17, 15) is 28.1 Å². The van der Waals surface area contributed by atoms with Gasteiger partial charge in [-0.1, -0.05) is 0 Å². The van der Waals surface area contributed by atoms with E-state index in [0.29, 0.717) is 11.8 Å². The molecular weight excluding hydrogens is 383 g/mol. The fourth-order valence-electron chi connectivity index (χ4n) is 2.14. The summed E-state index contributed by atoms with van der Waals surface area (Å²) in [6.07, 6.45) is -1.81. The van der Waals surface area contributed by atoms with Gasteiger partial charge in [0.2, 0.25) is 0 Å². The summed E-state index contributed by atoms with van der Waals surface area (Å²) < 4.78 is 43.2. The van der Waals surface area contributed by atoms with Gasteiger partial charge in [-0.2, -0.15) is 18.3 Å². The molecule has 0 bridgehead atoms. The van der Waals surface area contributed by atoms with Gasteiger partial charge in [0, 0.05) is 24.4 Å². The third kappa shape index (κ3) is 4.41. The van der Waals surface area contributed by atoms with Crippen LogP contribution < -0.4 is 10.1 Å². The molecule has 0 spiro atoms. The van der Waals surface area contributed by atoms with Gasteiger partial charge in [0.1, 0.15) is 17.2 Å². The number of aromatic nitrogens is 3. The van der Waals surface area contributed by atoms with Crippen LogP contribution in [0.1, 0.15) is 16.2 Å². The van der Waals surface area contributed by atoms with E-state index in [2.05, 4.69) is 15.4 Å². The van der Waals surface area contributed by atoms with Crippen molar-refractivity contribution in [1.82, 2.24) is 15.2 Å². The molecule has 0 aliphatic carbocycles. The van der Waals surface area contributed by atoms with Crippen LogP contribution in [0.15, 0.2) is 48.8 Å². The molecule has 2 aromatic heterocycles. The predicted octanol–water partition coefficient (Wildman–Crippen LogP) is 3.78. The van der Waals surface area contributed by atoms with Crippen molar-refractivity contribution < 1.29 is 27.6 Å². The number of aromatic amines is 1. The third-order valence-corrected chi connectivity index (χ3v) is 3.35. The number of pyridine rings is 1. The van der Waals surface area contributed by atoms with Gasteiger partial charge in [0.15, 0.2) is 5.69 Å². The van der Waals surface area contributed by atoms with Crippen LogP contribution in [-0.2, 0) is 6.18 Å². The highest BCUT2D eigenvalue weighted by Crippen LogP contribution is 2.30. The minimum absolute atomic E-state index is 0.0236. The lowest BCUT2D eigenvalue weighted by Gasteiger charge is -2.08. The van der Waals surface area contributed by atoms with Crippen molar-refractivity contribution in [1.29, 1.82) is 0 Å². The molecule has 0 aliphatic heterocycles. The molecule has 9 nitrogen and oxygen atoms in total. The standard InChI is InChI=1S/C16H10F3N5O4/c17-16(18,19)14-7-13(22-23-14)15(25)21-9-4-10(24(26)27)6-12(5-9)28-11-2-1-3-20-8-11/h1-8H,(H,21,25)(H,22,23). The zero-order valence-corrected chi connectivity index (χ0v) is 13.7. The number of hydrogen-bond acceptors (Lipinski definition) is 6. The molecule has 1 amide bonds. The van der Waals surface area contributed by atoms with E-state index in [1.807, 2.05) is 0 Å². The largest absolute Gasteiger partial charge is 0.455 e. The molecule has 0 unspecified atom stereocenters. The van der Waals surface area contributed by atoms with E-state index >= 15 is 0 Å². The van der Waals surface area contributed by atoms with E-state index < -0.39 is 34.1 Å². The SMILES string of the molecule is O=C(Nc1cc(Oc2cccnc2)cc([N+](=O)[O-])c1)c1cc(C(F)(F)F)[nH]n1. The van der Waals surface area contributed by atoms with Crippen molar-refractivity contribution in [3.8, 4) is 11.5 Å². The Labute approximate surface area is 154 Å². The van der Waals surface area contributed by atoms with Gasteiger partial charge in [0.05, 0.1) is 22.9 Å². The minimum atomic E-state index is -4.69. The molecule has 1 aromatic carbocycles. The van der Waals surface area contributed by atoms with E-state index in [4.69, 9.17) is 4.74 Å². The number of ether oxygens (including phenoxy) is 1. The first kappa shape index (κ1) is 18.8. The molecule has 3 aromatic rings. The summed E-state index contributed by atoms with van der Waals surface area (Å²) in [5.74, 6) is -0.669. The smallest absolute Gasteiger partial charge is 0.432 e. The number of hydrogen-bond donors (Lipinski definition) is 2. The number of carbonyl (C=O) groups is 1. The Bertz CT molecular complexity index is 1020. The molecule has 3 rings (SSSR count). The monoisotopic (exact) mass is 393 g/mol. The highest BCUT2D eigenvalue weighted by Gasteiger charge is 2.33. The van der Waals surface area contributed by atoms with Gasteiger partial charge >= 0.3 is 6.18 Å². The summed E-state index contributed by atoms with van der Waals surface area (Å²) in [7, 11) is 0. The Morgan fingerprint density at radius 3 is 2.61 bits per heavy atom. The number of nitro groups is 1. The molecule has 0 atom stereocenters. The average molecular weight is 393 g/mol. The maximum atomic E-state index is 12.6. The second-order valence-corrected chi connectivity index (χ2v) is 5.38. The first-order chi connectivity index (χ1) is 13.2. The number of benzene rings is 1. The molecule has 144 valence electrons. The fourth-order valence-corrected chi connectivity index (χ4v) is 2.14. The average Bonchev–Trinajstić information content (AvgIpc) is 3.13. The molecule has 2 heterocycles. The summed E-state index contributed by atoms with van der Waals surface area (Å²) in [6.45, 7) is 0. The van der Waals surface area contributed by atoms with Crippen LogP contribution in [0, 0.1) is 10.1 Å². The van der Waals surface area contributed by atoms with Crippen molar-refractivity contribution >= 4 is 17.3 Å². The second-order valence-electron chi connectivity index (χ2n) is 5.38. The number of nitro benzene ring substituents is 1. The summed E-state index contributed by atoms with van der Waals surface area (Å²) in [5, 5.41) is 18.4. The maximum absolute atomic E-state index is 12.6. The van der Waals surface area contributed by atoms with Crippen molar-refractivity contribution in [2.24, 2.45) is 0 Å². The number of halogens is 3. The number of amides is 1. The minimum Gasteiger partial charge on any atom is -0.455 e. The Hall–Kier alpha value is -3.96. The molecule has 0 radical (unpaired) electrons. The summed E-state index contributed by atoms with van der Waals surface area (Å²) >= 11 is 0. The first-order valence-corrected chi connectivity index (χ1v) is 7.54. The van der Waals surface area contributed by atoms with Gasteiger partial charge in [-0.05, 0) is 12.1 Å². The lowest BCUT2D eigenvalue weighted by molar-refractivity contribution is -0.384. The maximum Gasteiger partial charge on any atom is 0.432 e. The van der Waals surface area contributed by atoms with Crippen LogP contribution in [0.25, 0.3) is 0 Å². The highest BCUT2D eigenvalue weighted by molar-refractivity contribution is 6.03.